The van der Waals surface area contributed by atoms with Crippen molar-refractivity contribution < 1.29 is 9.90 Å². The summed E-state index contributed by atoms with van der Waals surface area (Å²) in [5.74, 6) is 0.186. The van der Waals surface area contributed by atoms with Gasteiger partial charge in [-0.3, -0.25) is 4.79 Å². The second-order valence-electron chi connectivity index (χ2n) is 5.31. The van der Waals surface area contributed by atoms with Crippen LogP contribution in [0, 0.1) is 0 Å². The molecule has 0 amide bonds. The van der Waals surface area contributed by atoms with Gasteiger partial charge in [0.25, 0.3) is 0 Å². The molecule has 0 spiro atoms. The van der Waals surface area contributed by atoms with Gasteiger partial charge in [0.15, 0.2) is 5.78 Å². The normalized spacial score (nSPS) is 17.1. The minimum absolute atomic E-state index is 0.186. The Morgan fingerprint density at radius 3 is 2.70 bits per heavy atom. The lowest BCUT2D eigenvalue weighted by Gasteiger charge is -2.32. The molecule has 1 aromatic carbocycles. The minimum atomic E-state index is 0.186. The summed E-state index contributed by atoms with van der Waals surface area (Å²) in [4.78, 5) is 14.2. The van der Waals surface area contributed by atoms with E-state index in [1.807, 2.05) is 31.2 Å². The first-order valence-corrected chi connectivity index (χ1v) is 7.46. The number of nitrogens with zero attached hydrogens (tertiary/aromatic N) is 1. The highest BCUT2D eigenvalue weighted by Crippen LogP contribution is 2.21. The molecule has 1 aromatic rings. The SMILES string of the molecule is CCC(=O)c1ccccc1NC1CCN(CCO)CC1. The molecule has 1 fully saturated rings. The van der Waals surface area contributed by atoms with Gasteiger partial charge in [-0.15, -0.1) is 0 Å². The number of nitrogens with one attached hydrogen (secondary N) is 1. The standard InChI is InChI=1S/C16H24N2O2/c1-2-16(20)14-5-3-4-6-15(14)17-13-7-9-18(10-8-13)11-12-19/h3-6,13,17,19H,2,7-12H2,1H3. The van der Waals surface area contributed by atoms with Gasteiger partial charge >= 0.3 is 0 Å². The van der Waals surface area contributed by atoms with Gasteiger partial charge in [0.2, 0.25) is 0 Å². The Morgan fingerprint density at radius 1 is 1.35 bits per heavy atom. The molecule has 0 atom stereocenters. The molecule has 1 heterocycles. The molecule has 110 valence electrons. The number of ketones is 1. The zero-order valence-electron chi connectivity index (χ0n) is 12.1. The number of benzene rings is 1. The Bertz CT molecular complexity index is 440. The van der Waals surface area contributed by atoms with Gasteiger partial charge in [0.05, 0.1) is 6.61 Å². The molecule has 1 aliphatic rings. The first-order chi connectivity index (χ1) is 9.74. The number of anilines is 1. The number of piperidine rings is 1. The highest BCUT2D eigenvalue weighted by Gasteiger charge is 2.20. The molecule has 4 nitrogen and oxygen atoms in total. The monoisotopic (exact) mass is 276 g/mol. The van der Waals surface area contributed by atoms with Gasteiger partial charge in [-0.25, -0.2) is 0 Å². The Hall–Kier alpha value is -1.39. The van der Waals surface area contributed by atoms with E-state index >= 15 is 0 Å². The van der Waals surface area contributed by atoms with Gasteiger partial charge in [-0.05, 0) is 25.0 Å². The van der Waals surface area contributed by atoms with E-state index in [0.717, 1.165) is 43.7 Å². The minimum Gasteiger partial charge on any atom is -0.395 e. The summed E-state index contributed by atoms with van der Waals surface area (Å²) in [6.07, 6.45) is 2.64. The van der Waals surface area contributed by atoms with Crippen LogP contribution in [-0.2, 0) is 0 Å². The number of β-amino-alcohol motifs (C(OH)–C–C–N with tert-alkyl or cyclic N) is 1. The van der Waals surface area contributed by atoms with Crippen molar-refractivity contribution in [1.82, 2.24) is 4.90 Å². The lowest BCUT2D eigenvalue weighted by atomic mass is 10.0. The summed E-state index contributed by atoms with van der Waals surface area (Å²) in [6.45, 7) is 4.89. The van der Waals surface area contributed by atoms with Gasteiger partial charge in [0, 0.05) is 43.3 Å². The second-order valence-corrected chi connectivity index (χ2v) is 5.31. The van der Waals surface area contributed by atoms with Crippen molar-refractivity contribution in [3.63, 3.8) is 0 Å². The Kier molecular flexibility index (Phi) is 5.56. The van der Waals surface area contributed by atoms with Gasteiger partial charge in [-0.1, -0.05) is 19.1 Å². The van der Waals surface area contributed by atoms with E-state index in [1.54, 1.807) is 0 Å². The fourth-order valence-corrected chi connectivity index (χ4v) is 2.70. The fourth-order valence-electron chi connectivity index (χ4n) is 2.70. The molecule has 1 aliphatic heterocycles. The van der Waals surface area contributed by atoms with E-state index in [0.29, 0.717) is 12.5 Å². The maximum absolute atomic E-state index is 11.9. The Labute approximate surface area is 120 Å². The number of carbonyl (C=O) groups excluding carboxylic acids is 1. The lowest BCUT2D eigenvalue weighted by Crippen LogP contribution is -2.40. The third-order valence-corrected chi connectivity index (χ3v) is 3.91. The van der Waals surface area contributed by atoms with Crippen molar-refractivity contribution in [3.05, 3.63) is 29.8 Å². The van der Waals surface area contributed by atoms with Crippen molar-refractivity contribution in [3.8, 4) is 0 Å². The molecule has 1 saturated heterocycles. The average Bonchev–Trinajstić information content (AvgIpc) is 2.49. The molecule has 0 aliphatic carbocycles. The maximum Gasteiger partial charge on any atom is 0.164 e. The van der Waals surface area contributed by atoms with Crippen LogP contribution in [0.25, 0.3) is 0 Å². The fraction of sp³-hybridized carbons (Fsp3) is 0.562. The van der Waals surface area contributed by atoms with E-state index in [1.165, 1.54) is 0 Å². The molecule has 0 saturated carbocycles. The summed E-state index contributed by atoms with van der Waals surface area (Å²) in [5.41, 5.74) is 1.76. The van der Waals surface area contributed by atoms with Gasteiger partial charge in [-0.2, -0.15) is 0 Å². The number of aliphatic hydroxyl groups excluding tert-OH is 1. The van der Waals surface area contributed by atoms with Crippen molar-refractivity contribution in [2.75, 3.05) is 31.6 Å². The van der Waals surface area contributed by atoms with Crippen LogP contribution in [0.1, 0.15) is 36.5 Å². The van der Waals surface area contributed by atoms with Crippen LogP contribution < -0.4 is 5.32 Å². The zero-order valence-corrected chi connectivity index (χ0v) is 12.1. The predicted octanol–water partition coefficient (Wildman–Crippen LogP) is 2.15. The second kappa shape index (κ2) is 7.41. The predicted molar refractivity (Wildman–Crippen MR) is 81.2 cm³/mol. The van der Waals surface area contributed by atoms with Crippen molar-refractivity contribution in [1.29, 1.82) is 0 Å². The summed E-state index contributed by atoms with van der Waals surface area (Å²) < 4.78 is 0. The van der Waals surface area contributed by atoms with Crippen LogP contribution in [0.2, 0.25) is 0 Å². The molecule has 2 N–H and O–H groups in total. The zero-order chi connectivity index (χ0) is 14.4. The van der Waals surface area contributed by atoms with E-state index in [9.17, 15) is 4.79 Å². The summed E-state index contributed by atoms with van der Waals surface area (Å²) in [7, 11) is 0. The number of Topliss-reactive ketones (excluding diaryl/α,β-unsaturated/α-hetero) is 1. The van der Waals surface area contributed by atoms with E-state index in [2.05, 4.69) is 10.2 Å². The number of hydrogen-bond acceptors (Lipinski definition) is 4. The number of hydrogen-bond donors (Lipinski definition) is 2. The number of rotatable bonds is 6. The molecule has 0 aromatic heterocycles. The third-order valence-electron chi connectivity index (χ3n) is 3.91. The molecule has 0 bridgehead atoms. The quantitative estimate of drug-likeness (QED) is 0.782. The molecular formula is C16H24N2O2. The smallest absolute Gasteiger partial charge is 0.164 e. The maximum atomic E-state index is 11.9. The van der Waals surface area contributed by atoms with Crippen LogP contribution in [0.15, 0.2) is 24.3 Å². The lowest BCUT2D eigenvalue weighted by molar-refractivity contribution is 0.0988. The highest BCUT2D eigenvalue weighted by molar-refractivity contribution is 6.01. The molecule has 0 unspecified atom stereocenters. The van der Waals surface area contributed by atoms with Crippen LogP contribution in [-0.4, -0.2) is 48.1 Å². The third kappa shape index (κ3) is 3.81. The number of para-hydroxylation sites is 1. The van der Waals surface area contributed by atoms with Gasteiger partial charge < -0.3 is 15.3 Å². The topological polar surface area (TPSA) is 52.6 Å². The molecule has 0 radical (unpaired) electrons. The van der Waals surface area contributed by atoms with E-state index in [4.69, 9.17) is 5.11 Å². The molecule has 2 rings (SSSR count). The molecular weight excluding hydrogens is 252 g/mol. The Balaban J connectivity index is 1.96. The first kappa shape index (κ1) is 15.0. The van der Waals surface area contributed by atoms with E-state index in [-0.39, 0.29) is 12.4 Å². The summed E-state index contributed by atoms with van der Waals surface area (Å²) in [5, 5.41) is 12.5. The van der Waals surface area contributed by atoms with Crippen LogP contribution in [0.5, 0.6) is 0 Å². The number of aliphatic hydroxyl groups is 1. The Morgan fingerprint density at radius 2 is 2.05 bits per heavy atom. The van der Waals surface area contributed by atoms with Crippen molar-refractivity contribution in [2.24, 2.45) is 0 Å². The average molecular weight is 276 g/mol. The van der Waals surface area contributed by atoms with E-state index < -0.39 is 0 Å². The van der Waals surface area contributed by atoms with Crippen LogP contribution in [0.3, 0.4) is 0 Å². The largest absolute Gasteiger partial charge is 0.395 e. The van der Waals surface area contributed by atoms with Crippen molar-refractivity contribution >= 4 is 11.5 Å². The van der Waals surface area contributed by atoms with Crippen LogP contribution >= 0.6 is 0 Å². The highest BCUT2D eigenvalue weighted by atomic mass is 16.3. The first-order valence-electron chi connectivity index (χ1n) is 7.46. The summed E-state index contributed by atoms with van der Waals surface area (Å²) in [6, 6.07) is 8.18. The number of likely N-dealkylation sites (tertiary alicyclic amines) is 1. The van der Waals surface area contributed by atoms with Gasteiger partial charge in [0.1, 0.15) is 0 Å². The summed E-state index contributed by atoms with van der Waals surface area (Å²) >= 11 is 0. The van der Waals surface area contributed by atoms with Crippen molar-refractivity contribution in [2.45, 2.75) is 32.2 Å². The molecule has 4 heteroatoms. The molecule has 20 heavy (non-hydrogen) atoms. The number of carbonyl (C=O) groups is 1. The van der Waals surface area contributed by atoms with Crippen LogP contribution in [0.4, 0.5) is 5.69 Å².